The Morgan fingerprint density at radius 3 is 2.05 bits per heavy atom. The molecule has 0 atom stereocenters. The molecule has 2 heteroatoms. The lowest BCUT2D eigenvalue weighted by Gasteiger charge is -2.16. The SMILES string of the molecule is CCCCCCC(CCCCCC)CCc1c[nH]cn1. The summed E-state index contributed by atoms with van der Waals surface area (Å²) in [5.41, 5.74) is 1.23. The third-order valence-corrected chi connectivity index (χ3v) is 4.30. The summed E-state index contributed by atoms with van der Waals surface area (Å²) in [6.45, 7) is 4.58. The lowest BCUT2D eigenvalue weighted by Crippen LogP contribution is -2.03. The van der Waals surface area contributed by atoms with E-state index in [1.807, 2.05) is 6.20 Å². The van der Waals surface area contributed by atoms with E-state index in [9.17, 15) is 0 Å². The van der Waals surface area contributed by atoms with Crippen LogP contribution in [-0.2, 0) is 6.42 Å². The van der Waals surface area contributed by atoms with Crippen molar-refractivity contribution in [2.24, 2.45) is 5.92 Å². The summed E-state index contributed by atoms with van der Waals surface area (Å²) in [7, 11) is 0. The molecule has 116 valence electrons. The molecule has 1 aromatic heterocycles. The van der Waals surface area contributed by atoms with E-state index in [1.54, 1.807) is 6.33 Å². The summed E-state index contributed by atoms with van der Waals surface area (Å²) in [6, 6.07) is 0. The second-order valence-corrected chi connectivity index (χ2v) is 6.16. The monoisotopic (exact) mass is 278 g/mol. The second-order valence-electron chi connectivity index (χ2n) is 6.16. The number of hydrogen-bond donors (Lipinski definition) is 1. The first kappa shape index (κ1) is 17.3. The molecule has 1 aromatic rings. The molecule has 1 heterocycles. The zero-order valence-corrected chi connectivity index (χ0v) is 13.7. The summed E-state index contributed by atoms with van der Waals surface area (Å²) < 4.78 is 0. The largest absolute Gasteiger partial charge is 0.351 e. The summed E-state index contributed by atoms with van der Waals surface area (Å²) in [6.07, 6.45) is 20.4. The minimum absolute atomic E-state index is 0.917. The Bertz CT molecular complexity index is 280. The zero-order chi connectivity index (χ0) is 14.5. The van der Waals surface area contributed by atoms with Gasteiger partial charge in [-0.15, -0.1) is 0 Å². The molecular formula is C18H34N2. The van der Waals surface area contributed by atoms with Crippen molar-refractivity contribution in [1.29, 1.82) is 0 Å². The minimum Gasteiger partial charge on any atom is -0.351 e. The second kappa shape index (κ2) is 12.0. The number of nitrogens with zero attached hydrogens (tertiary/aromatic N) is 1. The Balaban J connectivity index is 2.21. The fraction of sp³-hybridized carbons (Fsp3) is 0.833. The van der Waals surface area contributed by atoms with E-state index in [2.05, 4.69) is 23.8 Å². The zero-order valence-electron chi connectivity index (χ0n) is 13.7. The van der Waals surface area contributed by atoms with Crippen LogP contribution in [-0.4, -0.2) is 9.97 Å². The molecule has 0 spiro atoms. The number of imidazole rings is 1. The molecule has 1 rings (SSSR count). The number of nitrogens with one attached hydrogen (secondary N) is 1. The van der Waals surface area contributed by atoms with Crippen molar-refractivity contribution in [3.05, 3.63) is 18.2 Å². The van der Waals surface area contributed by atoms with E-state index >= 15 is 0 Å². The highest BCUT2D eigenvalue weighted by Gasteiger charge is 2.09. The van der Waals surface area contributed by atoms with E-state index in [1.165, 1.54) is 76.3 Å². The fourth-order valence-electron chi connectivity index (χ4n) is 2.93. The molecule has 0 fully saturated rings. The van der Waals surface area contributed by atoms with Crippen LogP contribution in [0, 0.1) is 5.92 Å². The number of unbranched alkanes of at least 4 members (excludes halogenated alkanes) is 6. The highest BCUT2D eigenvalue weighted by molar-refractivity contribution is 4.94. The Labute approximate surface area is 125 Å². The molecule has 1 N–H and O–H groups in total. The Morgan fingerprint density at radius 1 is 0.900 bits per heavy atom. The summed E-state index contributed by atoms with van der Waals surface area (Å²) in [5, 5.41) is 0. The molecule has 2 nitrogen and oxygen atoms in total. The molecular weight excluding hydrogens is 244 g/mol. The van der Waals surface area contributed by atoms with Gasteiger partial charge in [-0.05, 0) is 18.8 Å². The lowest BCUT2D eigenvalue weighted by molar-refractivity contribution is 0.382. The van der Waals surface area contributed by atoms with E-state index in [0.29, 0.717) is 0 Å². The maximum Gasteiger partial charge on any atom is 0.0923 e. The van der Waals surface area contributed by atoms with Crippen LogP contribution in [0.2, 0.25) is 0 Å². The average molecular weight is 278 g/mol. The molecule has 20 heavy (non-hydrogen) atoms. The topological polar surface area (TPSA) is 28.7 Å². The Kier molecular flexibility index (Phi) is 10.3. The average Bonchev–Trinajstić information content (AvgIpc) is 2.97. The van der Waals surface area contributed by atoms with Crippen molar-refractivity contribution >= 4 is 0 Å². The van der Waals surface area contributed by atoms with Gasteiger partial charge in [0.05, 0.1) is 12.0 Å². The van der Waals surface area contributed by atoms with Gasteiger partial charge in [-0.2, -0.15) is 0 Å². The van der Waals surface area contributed by atoms with Gasteiger partial charge < -0.3 is 4.98 Å². The van der Waals surface area contributed by atoms with Gasteiger partial charge in [0.15, 0.2) is 0 Å². The molecule has 0 saturated carbocycles. The number of H-pyrrole nitrogens is 1. The maximum absolute atomic E-state index is 4.35. The molecule has 0 amide bonds. The lowest BCUT2D eigenvalue weighted by atomic mass is 9.90. The molecule has 0 aromatic carbocycles. The van der Waals surface area contributed by atoms with Crippen LogP contribution in [0.3, 0.4) is 0 Å². The van der Waals surface area contributed by atoms with Crippen molar-refractivity contribution in [1.82, 2.24) is 9.97 Å². The fourth-order valence-corrected chi connectivity index (χ4v) is 2.93. The maximum atomic E-state index is 4.35. The molecule has 0 aliphatic rings. The van der Waals surface area contributed by atoms with Crippen molar-refractivity contribution < 1.29 is 0 Å². The van der Waals surface area contributed by atoms with Gasteiger partial charge in [-0.25, -0.2) is 4.98 Å². The van der Waals surface area contributed by atoms with Gasteiger partial charge >= 0.3 is 0 Å². The number of aromatic nitrogens is 2. The third kappa shape index (κ3) is 8.39. The van der Waals surface area contributed by atoms with Crippen LogP contribution >= 0.6 is 0 Å². The van der Waals surface area contributed by atoms with E-state index in [4.69, 9.17) is 0 Å². The predicted molar refractivity (Wildman–Crippen MR) is 87.9 cm³/mol. The Hall–Kier alpha value is -0.790. The van der Waals surface area contributed by atoms with Crippen LogP contribution in [0.5, 0.6) is 0 Å². The number of rotatable bonds is 13. The van der Waals surface area contributed by atoms with Gasteiger partial charge in [0.25, 0.3) is 0 Å². The van der Waals surface area contributed by atoms with E-state index in [0.717, 1.165) is 12.3 Å². The highest BCUT2D eigenvalue weighted by Crippen LogP contribution is 2.23. The predicted octanol–water partition coefficient (Wildman–Crippen LogP) is 5.90. The van der Waals surface area contributed by atoms with Crippen molar-refractivity contribution in [3.63, 3.8) is 0 Å². The summed E-state index contributed by atoms with van der Waals surface area (Å²) in [4.78, 5) is 7.41. The van der Waals surface area contributed by atoms with Crippen molar-refractivity contribution in [3.8, 4) is 0 Å². The van der Waals surface area contributed by atoms with Gasteiger partial charge in [0.2, 0.25) is 0 Å². The van der Waals surface area contributed by atoms with Gasteiger partial charge in [0, 0.05) is 6.20 Å². The standard InChI is InChI=1S/C18H34N2/c1-3-5-7-9-11-17(12-10-8-6-4-2)13-14-18-15-19-16-20-18/h15-17H,3-14H2,1-2H3,(H,19,20). The van der Waals surface area contributed by atoms with Crippen molar-refractivity contribution in [2.45, 2.75) is 90.9 Å². The smallest absolute Gasteiger partial charge is 0.0923 e. The summed E-state index contributed by atoms with van der Waals surface area (Å²) >= 11 is 0. The van der Waals surface area contributed by atoms with Crippen LogP contribution in [0.1, 0.15) is 90.2 Å². The van der Waals surface area contributed by atoms with Crippen LogP contribution in [0.25, 0.3) is 0 Å². The first-order chi connectivity index (χ1) is 9.86. The van der Waals surface area contributed by atoms with Gasteiger partial charge in [0.1, 0.15) is 0 Å². The number of hydrogen-bond acceptors (Lipinski definition) is 1. The number of aryl methyl sites for hydroxylation is 1. The molecule has 0 aliphatic carbocycles. The highest BCUT2D eigenvalue weighted by atomic mass is 14.9. The molecule has 0 aliphatic heterocycles. The number of aromatic amines is 1. The Morgan fingerprint density at radius 2 is 1.55 bits per heavy atom. The first-order valence-corrected chi connectivity index (χ1v) is 8.84. The van der Waals surface area contributed by atoms with E-state index < -0.39 is 0 Å². The summed E-state index contributed by atoms with van der Waals surface area (Å²) in [5.74, 6) is 0.917. The third-order valence-electron chi connectivity index (χ3n) is 4.30. The molecule has 0 unspecified atom stereocenters. The quantitative estimate of drug-likeness (QED) is 0.447. The van der Waals surface area contributed by atoms with Crippen LogP contribution in [0.15, 0.2) is 12.5 Å². The van der Waals surface area contributed by atoms with E-state index in [-0.39, 0.29) is 0 Å². The molecule has 0 bridgehead atoms. The minimum atomic E-state index is 0.917. The first-order valence-electron chi connectivity index (χ1n) is 8.84. The van der Waals surface area contributed by atoms with Crippen LogP contribution < -0.4 is 0 Å². The van der Waals surface area contributed by atoms with Crippen molar-refractivity contribution in [2.75, 3.05) is 0 Å². The van der Waals surface area contributed by atoms with Crippen LogP contribution in [0.4, 0.5) is 0 Å². The normalized spacial score (nSPS) is 11.3. The van der Waals surface area contributed by atoms with Gasteiger partial charge in [-0.3, -0.25) is 0 Å². The van der Waals surface area contributed by atoms with Gasteiger partial charge in [-0.1, -0.05) is 78.1 Å². The molecule has 0 radical (unpaired) electrons. The molecule has 0 saturated heterocycles.